The van der Waals surface area contributed by atoms with E-state index in [1.807, 2.05) is 23.1 Å². The van der Waals surface area contributed by atoms with Gasteiger partial charge in [0.2, 0.25) is 0 Å². The molecule has 1 N–H and O–H groups in total. The third kappa shape index (κ3) is 3.05. The summed E-state index contributed by atoms with van der Waals surface area (Å²) >= 11 is 5.23. The van der Waals surface area contributed by atoms with E-state index in [2.05, 4.69) is 5.32 Å². The highest BCUT2D eigenvalue weighted by molar-refractivity contribution is 7.80. The predicted octanol–water partition coefficient (Wildman–Crippen LogP) is 1.42. The van der Waals surface area contributed by atoms with Crippen LogP contribution in [0.5, 0.6) is 0 Å². The summed E-state index contributed by atoms with van der Waals surface area (Å²) in [6, 6.07) is 9.06. The number of hydrogen-bond donors (Lipinski definition) is 1. The van der Waals surface area contributed by atoms with Crippen LogP contribution in [0, 0.1) is 0 Å². The molecule has 1 aromatic carbocycles. The molecule has 18 heavy (non-hydrogen) atoms. The number of nitrogens with zero attached hydrogens (tertiary/aromatic N) is 1. The Kier molecular flexibility index (Phi) is 4.28. The second-order valence-corrected chi connectivity index (χ2v) is 4.60. The maximum Gasteiger partial charge on any atom is 0.257 e. The van der Waals surface area contributed by atoms with Crippen molar-refractivity contribution in [3.63, 3.8) is 0 Å². The van der Waals surface area contributed by atoms with Gasteiger partial charge in [0, 0.05) is 25.8 Å². The highest BCUT2D eigenvalue weighted by atomic mass is 32.1. The Morgan fingerprint density at radius 2 is 2.17 bits per heavy atom. The van der Waals surface area contributed by atoms with Gasteiger partial charge in [-0.1, -0.05) is 18.2 Å². The van der Waals surface area contributed by atoms with Crippen molar-refractivity contribution >= 4 is 23.2 Å². The number of amides is 1. The summed E-state index contributed by atoms with van der Waals surface area (Å²) in [6.45, 7) is 1.57. The Hall–Kier alpha value is -1.46. The number of ether oxygens (including phenoxy) is 1. The van der Waals surface area contributed by atoms with Gasteiger partial charge in [-0.3, -0.25) is 10.1 Å². The Balaban J connectivity index is 1.90. The van der Waals surface area contributed by atoms with Crippen LogP contribution in [0.1, 0.15) is 16.8 Å². The van der Waals surface area contributed by atoms with Crippen LogP contribution in [-0.4, -0.2) is 42.2 Å². The molecule has 0 aliphatic carbocycles. The third-order valence-electron chi connectivity index (χ3n) is 3.02. The van der Waals surface area contributed by atoms with Crippen LogP contribution in [0.15, 0.2) is 30.3 Å². The molecule has 1 aromatic rings. The zero-order valence-electron chi connectivity index (χ0n) is 10.3. The van der Waals surface area contributed by atoms with E-state index in [1.54, 1.807) is 19.2 Å². The van der Waals surface area contributed by atoms with Crippen molar-refractivity contribution in [3.8, 4) is 0 Å². The number of carbonyl (C=O) groups is 1. The highest BCUT2D eigenvalue weighted by Gasteiger charge is 2.24. The van der Waals surface area contributed by atoms with E-state index < -0.39 is 0 Å². The Morgan fingerprint density at radius 3 is 2.78 bits per heavy atom. The van der Waals surface area contributed by atoms with Gasteiger partial charge in [-0.2, -0.15) is 0 Å². The number of hydrogen-bond acceptors (Lipinski definition) is 3. The van der Waals surface area contributed by atoms with Crippen molar-refractivity contribution in [2.75, 3.05) is 20.2 Å². The molecular formula is C13H16N2O2S. The summed E-state index contributed by atoms with van der Waals surface area (Å²) in [4.78, 5) is 13.9. The number of rotatable bonds is 2. The summed E-state index contributed by atoms with van der Waals surface area (Å²) < 4.78 is 5.27. The van der Waals surface area contributed by atoms with Crippen LogP contribution < -0.4 is 5.32 Å². The smallest absolute Gasteiger partial charge is 0.257 e. The van der Waals surface area contributed by atoms with Crippen LogP contribution in [-0.2, 0) is 4.74 Å². The second kappa shape index (κ2) is 5.93. The minimum Gasteiger partial charge on any atom is -0.380 e. The maximum absolute atomic E-state index is 11.9. The molecule has 96 valence electrons. The van der Waals surface area contributed by atoms with E-state index in [-0.39, 0.29) is 12.0 Å². The van der Waals surface area contributed by atoms with Crippen molar-refractivity contribution in [3.05, 3.63) is 35.9 Å². The highest BCUT2D eigenvalue weighted by Crippen LogP contribution is 2.12. The number of nitrogens with one attached hydrogen (secondary N) is 1. The molecule has 0 unspecified atom stereocenters. The van der Waals surface area contributed by atoms with Gasteiger partial charge in [0.1, 0.15) is 0 Å². The predicted molar refractivity (Wildman–Crippen MR) is 73.5 cm³/mol. The largest absolute Gasteiger partial charge is 0.380 e. The first-order chi connectivity index (χ1) is 8.70. The molecule has 1 aliphatic rings. The number of likely N-dealkylation sites (tertiary alicyclic amines) is 1. The molecule has 2 rings (SSSR count). The minimum absolute atomic E-state index is 0.165. The minimum atomic E-state index is -0.165. The van der Waals surface area contributed by atoms with Crippen LogP contribution in [0.25, 0.3) is 0 Å². The zero-order chi connectivity index (χ0) is 13.0. The van der Waals surface area contributed by atoms with Gasteiger partial charge in [0.25, 0.3) is 5.91 Å². The standard InChI is InChI=1S/C13H16N2O2S/c1-17-11-7-8-15(9-11)13(18)14-12(16)10-5-3-2-4-6-10/h2-6,11H,7-9H2,1H3,(H,14,16,18)/t11-/m0/s1. The molecule has 5 heteroatoms. The summed E-state index contributed by atoms with van der Waals surface area (Å²) in [5, 5.41) is 3.22. The molecule has 0 saturated carbocycles. The average molecular weight is 264 g/mol. The fourth-order valence-electron chi connectivity index (χ4n) is 1.94. The fourth-order valence-corrected chi connectivity index (χ4v) is 2.20. The van der Waals surface area contributed by atoms with Crippen LogP contribution >= 0.6 is 12.2 Å². The van der Waals surface area contributed by atoms with Crippen LogP contribution in [0.2, 0.25) is 0 Å². The molecule has 1 fully saturated rings. The Morgan fingerprint density at radius 1 is 1.44 bits per heavy atom. The summed E-state index contributed by atoms with van der Waals surface area (Å²) in [7, 11) is 1.69. The van der Waals surface area contributed by atoms with Gasteiger partial charge in [-0.25, -0.2) is 0 Å². The molecule has 0 spiro atoms. The van der Waals surface area contributed by atoms with E-state index in [4.69, 9.17) is 17.0 Å². The van der Waals surface area contributed by atoms with Crippen LogP contribution in [0.4, 0.5) is 0 Å². The van der Waals surface area contributed by atoms with Gasteiger partial charge in [0.05, 0.1) is 6.10 Å². The fraction of sp³-hybridized carbons (Fsp3) is 0.385. The zero-order valence-corrected chi connectivity index (χ0v) is 11.1. The van der Waals surface area contributed by atoms with E-state index >= 15 is 0 Å². The number of carbonyl (C=O) groups excluding carboxylic acids is 1. The monoisotopic (exact) mass is 264 g/mol. The second-order valence-electron chi connectivity index (χ2n) is 4.22. The topological polar surface area (TPSA) is 41.6 Å². The molecule has 0 aromatic heterocycles. The average Bonchev–Trinajstić information content (AvgIpc) is 2.88. The normalized spacial score (nSPS) is 18.7. The number of benzene rings is 1. The number of methoxy groups -OCH3 is 1. The van der Waals surface area contributed by atoms with Gasteiger partial charge in [-0.15, -0.1) is 0 Å². The molecule has 1 heterocycles. The molecule has 1 saturated heterocycles. The lowest BCUT2D eigenvalue weighted by Crippen LogP contribution is -2.41. The van der Waals surface area contributed by atoms with Crippen molar-refractivity contribution in [2.45, 2.75) is 12.5 Å². The van der Waals surface area contributed by atoms with Crippen molar-refractivity contribution in [2.24, 2.45) is 0 Å². The molecule has 1 amide bonds. The molecule has 4 nitrogen and oxygen atoms in total. The summed E-state index contributed by atoms with van der Waals surface area (Å²) in [5.41, 5.74) is 0.613. The maximum atomic E-state index is 11.9. The Bertz CT molecular complexity index is 436. The van der Waals surface area contributed by atoms with Crippen molar-refractivity contribution in [1.82, 2.24) is 10.2 Å². The van der Waals surface area contributed by atoms with Crippen LogP contribution in [0.3, 0.4) is 0 Å². The molecular weight excluding hydrogens is 248 g/mol. The van der Waals surface area contributed by atoms with Crippen molar-refractivity contribution < 1.29 is 9.53 Å². The molecule has 0 bridgehead atoms. The van der Waals surface area contributed by atoms with E-state index in [0.29, 0.717) is 10.7 Å². The SMILES string of the molecule is CO[C@H]1CCN(C(=S)NC(=O)c2ccccc2)C1. The van der Waals surface area contributed by atoms with Gasteiger partial charge < -0.3 is 9.64 Å². The first-order valence-corrected chi connectivity index (χ1v) is 6.29. The lowest BCUT2D eigenvalue weighted by atomic mass is 10.2. The molecule has 1 atom stereocenters. The van der Waals surface area contributed by atoms with E-state index in [9.17, 15) is 4.79 Å². The van der Waals surface area contributed by atoms with E-state index in [0.717, 1.165) is 19.5 Å². The summed E-state index contributed by atoms with van der Waals surface area (Å²) in [5.74, 6) is -0.165. The summed E-state index contributed by atoms with van der Waals surface area (Å²) in [6.07, 6.45) is 1.15. The lowest BCUT2D eigenvalue weighted by Gasteiger charge is -2.19. The lowest BCUT2D eigenvalue weighted by molar-refractivity contribution is 0.0970. The van der Waals surface area contributed by atoms with Crippen molar-refractivity contribution in [1.29, 1.82) is 0 Å². The Labute approximate surface area is 112 Å². The third-order valence-corrected chi connectivity index (χ3v) is 3.38. The first kappa shape index (κ1) is 13.0. The van der Waals surface area contributed by atoms with Gasteiger partial charge >= 0.3 is 0 Å². The van der Waals surface area contributed by atoms with E-state index in [1.165, 1.54) is 0 Å². The quantitative estimate of drug-likeness (QED) is 0.820. The number of thiocarbonyl (C=S) groups is 1. The van der Waals surface area contributed by atoms with Gasteiger partial charge in [0.15, 0.2) is 5.11 Å². The molecule has 0 radical (unpaired) electrons. The first-order valence-electron chi connectivity index (χ1n) is 5.89. The van der Waals surface area contributed by atoms with Gasteiger partial charge in [-0.05, 0) is 30.8 Å². The molecule has 1 aliphatic heterocycles.